The van der Waals surface area contributed by atoms with E-state index in [0.29, 0.717) is 35.0 Å². The van der Waals surface area contributed by atoms with Crippen LogP contribution in [0.1, 0.15) is 0 Å². The number of fused-ring (bicyclic) bond motifs is 2. The van der Waals surface area contributed by atoms with Crippen molar-refractivity contribution >= 4 is 39.4 Å². The highest BCUT2D eigenvalue weighted by Crippen LogP contribution is 2.30. The lowest BCUT2D eigenvalue weighted by molar-refractivity contribution is -0.123. The van der Waals surface area contributed by atoms with Gasteiger partial charge in [-0.05, 0) is 41.3 Å². The standard InChI is InChI=1S/C28H23ClN2O6/c1-35-20-6-3-17(4-7-20)22-15-37-25-14-21(13-24(32)27(25)28(22)34)36-16-26(33)30-9-11-31-10-8-18-2-5-19(29)12-23(18)31/h2-8,10,12-15,32H,9,11,16H2,1H3,(H,30,33). The highest BCUT2D eigenvalue weighted by Gasteiger charge is 2.15. The summed E-state index contributed by atoms with van der Waals surface area (Å²) in [5, 5.41) is 15.1. The number of aromatic hydroxyl groups is 1. The predicted octanol–water partition coefficient (Wildman–Crippen LogP) is 4.98. The normalized spacial score (nSPS) is 11.1. The van der Waals surface area contributed by atoms with Crippen molar-refractivity contribution in [3.8, 4) is 28.4 Å². The number of aromatic nitrogens is 1. The van der Waals surface area contributed by atoms with Gasteiger partial charge < -0.3 is 28.9 Å². The number of methoxy groups -OCH3 is 1. The SMILES string of the molecule is COc1ccc(-c2coc3cc(OCC(=O)NCCn4ccc5ccc(Cl)cc54)cc(O)c3c2=O)cc1. The van der Waals surface area contributed by atoms with Crippen molar-refractivity contribution in [3.63, 3.8) is 0 Å². The molecule has 0 fully saturated rings. The molecule has 0 atom stereocenters. The minimum atomic E-state index is -0.382. The maximum atomic E-state index is 13.0. The zero-order valence-electron chi connectivity index (χ0n) is 19.9. The van der Waals surface area contributed by atoms with Crippen LogP contribution in [0.5, 0.6) is 17.2 Å². The molecule has 5 rings (SSSR count). The van der Waals surface area contributed by atoms with Crippen LogP contribution in [0.25, 0.3) is 33.0 Å². The molecule has 1 amide bonds. The molecule has 0 aliphatic rings. The Morgan fingerprint density at radius 2 is 1.89 bits per heavy atom. The first kappa shape index (κ1) is 24.3. The van der Waals surface area contributed by atoms with E-state index in [1.165, 1.54) is 18.4 Å². The number of phenols is 1. The first-order valence-corrected chi connectivity index (χ1v) is 11.9. The monoisotopic (exact) mass is 518 g/mol. The van der Waals surface area contributed by atoms with Gasteiger partial charge in [0.05, 0.1) is 12.7 Å². The van der Waals surface area contributed by atoms with Gasteiger partial charge in [0.25, 0.3) is 5.91 Å². The van der Waals surface area contributed by atoms with Gasteiger partial charge in [0.2, 0.25) is 5.43 Å². The smallest absolute Gasteiger partial charge is 0.258 e. The van der Waals surface area contributed by atoms with Gasteiger partial charge in [-0.15, -0.1) is 0 Å². The van der Waals surface area contributed by atoms with Crippen molar-refractivity contribution in [1.82, 2.24) is 9.88 Å². The molecule has 0 unspecified atom stereocenters. The Morgan fingerprint density at radius 3 is 2.68 bits per heavy atom. The lowest BCUT2D eigenvalue weighted by Gasteiger charge is -2.10. The van der Waals surface area contributed by atoms with Crippen molar-refractivity contribution in [2.24, 2.45) is 0 Å². The summed E-state index contributed by atoms with van der Waals surface area (Å²) in [6.07, 6.45) is 3.27. The topological polar surface area (TPSA) is 103 Å². The number of hydrogen-bond donors (Lipinski definition) is 2. The second kappa shape index (κ2) is 10.3. The summed E-state index contributed by atoms with van der Waals surface area (Å²) in [4.78, 5) is 25.3. The van der Waals surface area contributed by atoms with E-state index >= 15 is 0 Å². The summed E-state index contributed by atoms with van der Waals surface area (Å²) in [7, 11) is 1.56. The van der Waals surface area contributed by atoms with Crippen LogP contribution in [-0.2, 0) is 11.3 Å². The van der Waals surface area contributed by atoms with E-state index < -0.39 is 0 Å². The van der Waals surface area contributed by atoms with E-state index in [1.807, 2.05) is 35.0 Å². The lowest BCUT2D eigenvalue weighted by Crippen LogP contribution is -2.31. The van der Waals surface area contributed by atoms with Crippen LogP contribution in [0.2, 0.25) is 5.02 Å². The number of phenolic OH excluding ortho intramolecular Hbond substituents is 1. The van der Waals surface area contributed by atoms with Crippen LogP contribution in [0, 0.1) is 0 Å². The molecule has 0 saturated heterocycles. The summed E-state index contributed by atoms with van der Waals surface area (Å²) in [6, 6.07) is 17.3. The fourth-order valence-corrected chi connectivity index (χ4v) is 4.30. The van der Waals surface area contributed by atoms with Crippen LogP contribution >= 0.6 is 11.6 Å². The van der Waals surface area contributed by atoms with Crippen LogP contribution in [0.3, 0.4) is 0 Å². The Hall–Kier alpha value is -4.43. The molecule has 0 aliphatic heterocycles. The van der Waals surface area contributed by atoms with E-state index in [-0.39, 0.29) is 40.4 Å². The van der Waals surface area contributed by atoms with Crippen molar-refractivity contribution in [3.05, 3.63) is 88.4 Å². The van der Waals surface area contributed by atoms with Crippen LogP contribution in [0.4, 0.5) is 0 Å². The Morgan fingerprint density at radius 1 is 1.08 bits per heavy atom. The number of carbonyl (C=O) groups is 1. The van der Waals surface area contributed by atoms with Gasteiger partial charge >= 0.3 is 0 Å². The van der Waals surface area contributed by atoms with Gasteiger partial charge in [-0.2, -0.15) is 0 Å². The number of nitrogens with one attached hydrogen (secondary N) is 1. The number of benzene rings is 3. The summed E-state index contributed by atoms with van der Waals surface area (Å²) in [5.74, 6) is 0.234. The Labute approximate surface area is 216 Å². The molecule has 2 N–H and O–H groups in total. The predicted molar refractivity (Wildman–Crippen MR) is 142 cm³/mol. The minimum Gasteiger partial charge on any atom is -0.507 e. The third-order valence-corrected chi connectivity index (χ3v) is 6.25. The van der Waals surface area contributed by atoms with Crippen molar-refractivity contribution < 1.29 is 23.8 Å². The third-order valence-electron chi connectivity index (χ3n) is 6.01. The summed E-state index contributed by atoms with van der Waals surface area (Å²) in [6.45, 7) is 0.690. The number of carbonyl (C=O) groups excluding carboxylic acids is 1. The first-order chi connectivity index (χ1) is 17.9. The Balaban J connectivity index is 1.23. The van der Waals surface area contributed by atoms with Gasteiger partial charge in [-0.25, -0.2) is 0 Å². The number of ether oxygens (including phenoxy) is 2. The summed E-state index contributed by atoms with van der Waals surface area (Å²) in [5.41, 5.74) is 1.68. The second-order valence-electron chi connectivity index (χ2n) is 8.37. The number of halogens is 1. The average Bonchev–Trinajstić information content (AvgIpc) is 3.29. The molecule has 8 nitrogen and oxygen atoms in total. The fraction of sp³-hybridized carbons (Fsp3) is 0.143. The van der Waals surface area contributed by atoms with Crippen LogP contribution in [-0.4, -0.2) is 35.8 Å². The molecule has 5 aromatic rings. The quantitative estimate of drug-likeness (QED) is 0.300. The largest absolute Gasteiger partial charge is 0.507 e. The molecular formula is C28H23ClN2O6. The zero-order valence-corrected chi connectivity index (χ0v) is 20.6. The molecule has 37 heavy (non-hydrogen) atoms. The molecular weight excluding hydrogens is 496 g/mol. The van der Waals surface area contributed by atoms with Gasteiger partial charge in [-0.1, -0.05) is 29.8 Å². The Kier molecular flexibility index (Phi) is 6.74. The molecule has 188 valence electrons. The third kappa shape index (κ3) is 5.10. The molecule has 0 aliphatic carbocycles. The molecule has 2 aromatic heterocycles. The van der Waals surface area contributed by atoms with E-state index in [0.717, 1.165) is 10.9 Å². The maximum absolute atomic E-state index is 13.0. The van der Waals surface area contributed by atoms with Gasteiger partial charge in [0.1, 0.15) is 34.5 Å². The number of rotatable bonds is 8. The van der Waals surface area contributed by atoms with E-state index in [4.69, 9.17) is 25.5 Å². The molecule has 0 radical (unpaired) electrons. The van der Waals surface area contributed by atoms with E-state index in [9.17, 15) is 14.7 Å². The summed E-state index contributed by atoms with van der Waals surface area (Å²) < 4.78 is 18.3. The maximum Gasteiger partial charge on any atom is 0.258 e. The lowest BCUT2D eigenvalue weighted by atomic mass is 10.0. The van der Waals surface area contributed by atoms with Crippen molar-refractivity contribution in [2.45, 2.75) is 6.54 Å². The molecule has 9 heteroatoms. The van der Waals surface area contributed by atoms with Crippen LogP contribution < -0.4 is 20.2 Å². The first-order valence-electron chi connectivity index (χ1n) is 11.5. The van der Waals surface area contributed by atoms with Gasteiger partial charge in [0, 0.05) is 42.0 Å². The molecule has 3 aromatic carbocycles. The summed E-state index contributed by atoms with van der Waals surface area (Å²) >= 11 is 6.09. The number of hydrogen-bond acceptors (Lipinski definition) is 6. The highest BCUT2D eigenvalue weighted by molar-refractivity contribution is 6.31. The molecule has 0 saturated carbocycles. The minimum absolute atomic E-state index is 0.0316. The van der Waals surface area contributed by atoms with Crippen molar-refractivity contribution in [1.29, 1.82) is 0 Å². The van der Waals surface area contributed by atoms with E-state index in [1.54, 1.807) is 31.4 Å². The number of amides is 1. The molecule has 2 heterocycles. The molecule has 0 bridgehead atoms. The second-order valence-corrected chi connectivity index (χ2v) is 8.81. The van der Waals surface area contributed by atoms with Crippen molar-refractivity contribution in [2.75, 3.05) is 20.3 Å². The van der Waals surface area contributed by atoms with Gasteiger partial charge in [0.15, 0.2) is 6.61 Å². The van der Waals surface area contributed by atoms with E-state index in [2.05, 4.69) is 5.32 Å². The highest BCUT2D eigenvalue weighted by atomic mass is 35.5. The van der Waals surface area contributed by atoms with Crippen LogP contribution in [0.15, 0.2) is 82.3 Å². The number of nitrogens with zero attached hydrogens (tertiary/aromatic N) is 1. The Bertz CT molecular complexity index is 1660. The average molecular weight is 519 g/mol. The zero-order chi connectivity index (χ0) is 25.9. The molecule has 0 spiro atoms. The fourth-order valence-electron chi connectivity index (χ4n) is 4.13. The van der Waals surface area contributed by atoms with Gasteiger partial charge in [-0.3, -0.25) is 9.59 Å².